The zero-order valence-electron chi connectivity index (χ0n) is 15.5. The lowest BCUT2D eigenvalue weighted by Gasteiger charge is -2.31. The Morgan fingerprint density at radius 3 is 2.89 bits per heavy atom. The SMILES string of the molecule is Cc1cc(Nc2cccc([C@@H]3CN(S(=O)(=O)c4cn(C)cn4)CCO3)n2)n[nH]1. The van der Waals surface area contributed by atoms with Crippen LogP contribution in [0.4, 0.5) is 11.6 Å². The average Bonchev–Trinajstić information content (AvgIpc) is 3.31. The number of aromatic amines is 1. The van der Waals surface area contributed by atoms with Crippen LogP contribution >= 0.6 is 0 Å². The van der Waals surface area contributed by atoms with Crippen molar-refractivity contribution in [3.05, 3.63) is 48.2 Å². The Hall–Kier alpha value is -2.76. The second-order valence-electron chi connectivity index (χ2n) is 6.61. The van der Waals surface area contributed by atoms with Gasteiger partial charge in [0.05, 0.1) is 18.6 Å². The predicted molar refractivity (Wildman–Crippen MR) is 102 cm³/mol. The van der Waals surface area contributed by atoms with Crippen molar-refractivity contribution in [2.45, 2.75) is 18.1 Å². The summed E-state index contributed by atoms with van der Waals surface area (Å²) in [6, 6.07) is 7.35. The Morgan fingerprint density at radius 2 is 2.18 bits per heavy atom. The zero-order chi connectivity index (χ0) is 19.7. The summed E-state index contributed by atoms with van der Waals surface area (Å²) in [5.74, 6) is 1.27. The van der Waals surface area contributed by atoms with Gasteiger partial charge < -0.3 is 14.6 Å². The van der Waals surface area contributed by atoms with Gasteiger partial charge in [-0.2, -0.15) is 9.40 Å². The largest absolute Gasteiger partial charge is 0.369 e. The number of ether oxygens (including phenoxy) is 1. The molecule has 0 amide bonds. The summed E-state index contributed by atoms with van der Waals surface area (Å²) in [5.41, 5.74) is 1.59. The molecule has 0 unspecified atom stereocenters. The number of nitrogens with zero attached hydrogens (tertiary/aromatic N) is 5. The first kappa shape index (κ1) is 18.6. The summed E-state index contributed by atoms with van der Waals surface area (Å²) in [4.78, 5) is 8.54. The molecule has 2 N–H and O–H groups in total. The van der Waals surface area contributed by atoms with Crippen LogP contribution in [-0.4, -0.2) is 57.2 Å². The first-order valence-corrected chi connectivity index (χ1v) is 10.2. The lowest BCUT2D eigenvalue weighted by atomic mass is 10.2. The molecule has 3 aromatic heterocycles. The molecule has 3 aromatic rings. The number of rotatable bonds is 5. The second-order valence-corrected chi connectivity index (χ2v) is 8.49. The minimum absolute atomic E-state index is 0.0351. The summed E-state index contributed by atoms with van der Waals surface area (Å²) >= 11 is 0. The minimum atomic E-state index is -3.67. The number of aromatic nitrogens is 5. The molecule has 0 saturated carbocycles. The number of aryl methyl sites for hydroxylation is 2. The smallest absolute Gasteiger partial charge is 0.262 e. The van der Waals surface area contributed by atoms with Gasteiger partial charge >= 0.3 is 0 Å². The molecular formula is C17H21N7O3S. The van der Waals surface area contributed by atoms with Crippen molar-refractivity contribution in [1.29, 1.82) is 0 Å². The van der Waals surface area contributed by atoms with Gasteiger partial charge in [0.15, 0.2) is 10.8 Å². The van der Waals surface area contributed by atoms with Crippen LogP contribution in [0.1, 0.15) is 17.5 Å². The molecule has 0 spiro atoms. The van der Waals surface area contributed by atoms with Crippen LogP contribution in [0.2, 0.25) is 0 Å². The highest BCUT2D eigenvalue weighted by Crippen LogP contribution is 2.26. The maximum absolute atomic E-state index is 12.8. The molecule has 0 radical (unpaired) electrons. The molecule has 0 bridgehead atoms. The number of hydrogen-bond acceptors (Lipinski definition) is 7. The third-order valence-corrected chi connectivity index (χ3v) is 6.13. The lowest BCUT2D eigenvalue weighted by Crippen LogP contribution is -2.42. The van der Waals surface area contributed by atoms with E-state index in [9.17, 15) is 8.42 Å². The maximum Gasteiger partial charge on any atom is 0.262 e. The highest BCUT2D eigenvalue weighted by Gasteiger charge is 2.33. The number of nitrogens with one attached hydrogen (secondary N) is 2. The Balaban J connectivity index is 1.52. The molecule has 4 rings (SSSR count). The standard InChI is InChI=1S/C17H21N7O3S/c1-12-8-16(22-21-12)20-15-5-3-4-13(19-15)14-9-24(6-7-27-14)28(25,26)17-10-23(2)11-18-17/h3-5,8,10-11,14H,6-7,9H2,1-2H3,(H2,19,20,21,22)/t14-/m0/s1. The van der Waals surface area contributed by atoms with Crippen LogP contribution in [0.3, 0.4) is 0 Å². The lowest BCUT2D eigenvalue weighted by molar-refractivity contribution is -0.00492. The number of H-pyrrole nitrogens is 1. The number of pyridine rings is 1. The molecule has 28 heavy (non-hydrogen) atoms. The molecular weight excluding hydrogens is 382 g/mol. The molecule has 11 heteroatoms. The summed E-state index contributed by atoms with van der Waals surface area (Å²) in [6.45, 7) is 2.65. The Morgan fingerprint density at radius 1 is 1.32 bits per heavy atom. The van der Waals surface area contributed by atoms with Crippen LogP contribution in [0.25, 0.3) is 0 Å². The van der Waals surface area contributed by atoms with E-state index in [2.05, 4.69) is 25.5 Å². The van der Waals surface area contributed by atoms with Crippen molar-refractivity contribution < 1.29 is 13.2 Å². The molecule has 4 heterocycles. The Kier molecular flexibility index (Phi) is 4.87. The van der Waals surface area contributed by atoms with Gasteiger partial charge in [0.1, 0.15) is 11.9 Å². The van der Waals surface area contributed by atoms with Crippen LogP contribution in [-0.2, 0) is 21.8 Å². The fourth-order valence-electron chi connectivity index (χ4n) is 2.99. The third kappa shape index (κ3) is 3.77. The van der Waals surface area contributed by atoms with Gasteiger partial charge in [0, 0.05) is 38.1 Å². The van der Waals surface area contributed by atoms with Crippen LogP contribution < -0.4 is 5.32 Å². The maximum atomic E-state index is 12.8. The number of morpholine rings is 1. The summed E-state index contributed by atoms with van der Waals surface area (Å²) in [5, 5.41) is 10.1. The molecule has 10 nitrogen and oxygen atoms in total. The van der Waals surface area contributed by atoms with Crippen molar-refractivity contribution in [1.82, 2.24) is 29.0 Å². The number of sulfonamides is 1. The van der Waals surface area contributed by atoms with Crippen molar-refractivity contribution in [2.75, 3.05) is 25.0 Å². The third-order valence-electron chi connectivity index (χ3n) is 4.38. The van der Waals surface area contributed by atoms with Gasteiger partial charge in [0.25, 0.3) is 10.0 Å². The highest BCUT2D eigenvalue weighted by molar-refractivity contribution is 7.89. The molecule has 1 atom stereocenters. The summed E-state index contributed by atoms with van der Waals surface area (Å²) in [7, 11) is -1.94. The topological polar surface area (TPSA) is 118 Å². The quantitative estimate of drug-likeness (QED) is 0.660. The fraction of sp³-hybridized carbons (Fsp3) is 0.353. The first-order chi connectivity index (χ1) is 13.4. The number of hydrogen-bond donors (Lipinski definition) is 2. The zero-order valence-corrected chi connectivity index (χ0v) is 16.3. The van der Waals surface area contributed by atoms with E-state index in [0.29, 0.717) is 17.3 Å². The average molecular weight is 403 g/mol. The number of imidazole rings is 1. The summed E-state index contributed by atoms with van der Waals surface area (Å²) in [6.07, 6.45) is 2.50. The highest BCUT2D eigenvalue weighted by atomic mass is 32.2. The normalized spacial score (nSPS) is 18.3. The van der Waals surface area contributed by atoms with E-state index >= 15 is 0 Å². The van der Waals surface area contributed by atoms with Crippen molar-refractivity contribution in [3.8, 4) is 0 Å². The van der Waals surface area contributed by atoms with Crippen LogP contribution in [0, 0.1) is 6.92 Å². The molecule has 1 aliphatic rings. The predicted octanol–water partition coefficient (Wildman–Crippen LogP) is 1.35. The minimum Gasteiger partial charge on any atom is -0.369 e. The van der Waals surface area contributed by atoms with E-state index in [1.807, 2.05) is 31.2 Å². The fourth-order valence-corrected chi connectivity index (χ4v) is 4.38. The van der Waals surface area contributed by atoms with E-state index in [1.165, 1.54) is 16.8 Å². The van der Waals surface area contributed by atoms with Gasteiger partial charge in [-0.15, -0.1) is 0 Å². The molecule has 1 aliphatic heterocycles. The van der Waals surface area contributed by atoms with E-state index in [0.717, 1.165) is 5.69 Å². The van der Waals surface area contributed by atoms with E-state index in [-0.39, 0.29) is 24.7 Å². The van der Waals surface area contributed by atoms with E-state index in [1.54, 1.807) is 11.6 Å². The molecule has 148 valence electrons. The molecule has 1 fully saturated rings. The van der Waals surface area contributed by atoms with Crippen LogP contribution in [0.15, 0.2) is 41.8 Å². The van der Waals surface area contributed by atoms with Gasteiger partial charge in [-0.1, -0.05) is 6.07 Å². The number of anilines is 2. The Labute approximate surface area is 162 Å². The van der Waals surface area contributed by atoms with Crippen molar-refractivity contribution in [2.24, 2.45) is 7.05 Å². The van der Waals surface area contributed by atoms with Crippen molar-refractivity contribution in [3.63, 3.8) is 0 Å². The van der Waals surface area contributed by atoms with Crippen molar-refractivity contribution >= 4 is 21.7 Å². The van der Waals surface area contributed by atoms with Gasteiger partial charge in [-0.25, -0.2) is 18.4 Å². The van der Waals surface area contributed by atoms with E-state index in [4.69, 9.17) is 4.74 Å². The van der Waals surface area contributed by atoms with Crippen LogP contribution in [0.5, 0.6) is 0 Å². The molecule has 1 saturated heterocycles. The molecule has 0 aromatic carbocycles. The van der Waals surface area contributed by atoms with E-state index < -0.39 is 16.1 Å². The summed E-state index contributed by atoms with van der Waals surface area (Å²) < 4.78 is 34.5. The monoisotopic (exact) mass is 403 g/mol. The second kappa shape index (κ2) is 7.34. The van der Waals surface area contributed by atoms with Gasteiger partial charge in [0.2, 0.25) is 0 Å². The van der Waals surface area contributed by atoms with Gasteiger partial charge in [-0.3, -0.25) is 5.10 Å². The molecule has 0 aliphatic carbocycles. The van der Waals surface area contributed by atoms with Gasteiger partial charge in [-0.05, 0) is 19.1 Å². The Bertz CT molecular complexity index is 1080. The first-order valence-electron chi connectivity index (χ1n) is 8.77.